The first-order valence-electron chi connectivity index (χ1n) is 7.11. The molecule has 1 atom stereocenters. The molecular formula is C16H10IN2O8. The molecule has 2 aromatic rings. The third kappa shape index (κ3) is 3.32. The van der Waals surface area contributed by atoms with Crippen molar-refractivity contribution in [2.45, 2.75) is 12.3 Å². The van der Waals surface area contributed by atoms with Crippen LogP contribution in [0.2, 0.25) is 0 Å². The predicted molar refractivity (Wildman–Crippen MR) is 99.4 cm³/mol. The number of Topliss-reactive ketones (excluding diaryl/α,β-unsaturated/α-hetero) is 1. The molecule has 27 heavy (non-hydrogen) atoms. The Balaban J connectivity index is 2.90. The monoisotopic (exact) mass is 485 g/mol. The van der Waals surface area contributed by atoms with E-state index in [4.69, 9.17) is 0 Å². The Labute approximate surface area is 164 Å². The summed E-state index contributed by atoms with van der Waals surface area (Å²) in [4.78, 5) is 44.8. The fraction of sp³-hybridized carbons (Fsp3) is 0.125. The van der Waals surface area contributed by atoms with Crippen molar-refractivity contribution in [3.63, 3.8) is 0 Å². The highest BCUT2D eigenvalue weighted by atomic mass is 127. The van der Waals surface area contributed by atoms with Crippen molar-refractivity contribution in [2.75, 3.05) is 0 Å². The van der Waals surface area contributed by atoms with E-state index in [1.807, 2.05) is 0 Å². The third-order valence-corrected chi connectivity index (χ3v) is 4.78. The number of hydrogen-bond donors (Lipinski definition) is 2. The molecule has 0 saturated carbocycles. The number of phenolic OH excluding ortho intramolecular Hbond substituents is 2. The molecule has 0 spiro atoms. The third-order valence-electron chi connectivity index (χ3n) is 3.96. The van der Waals surface area contributed by atoms with Gasteiger partial charge >= 0.3 is 11.4 Å². The Morgan fingerprint density at radius 2 is 1.63 bits per heavy atom. The van der Waals surface area contributed by atoms with Gasteiger partial charge in [0, 0.05) is 12.1 Å². The van der Waals surface area contributed by atoms with E-state index in [0.717, 1.165) is 31.2 Å². The SMILES string of the molecule is CC(=O)C([C]=O)(c1ccc(O)c([N+](=O)[O-])c1)c1cc(I)c(O)c([N+](=O)[O-])c1. The standard InChI is InChI=1S/C16H10IN2O8/c1-8(21)16(7-20,9-2-3-14(22)12(5-9)18(24)25)10-4-11(17)15(23)13(6-10)19(26)27/h2-6,22-23H,1H3. The van der Waals surface area contributed by atoms with Crippen molar-refractivity contribution in [3.05, 3.63) is 65.3 Å². The van der Waals surface area contributed by atoms with Crippen molar-refractivity contribution < 1.29 is 29.6 Å². The average Bonchev–Trinajstić information content (AvgIpc) is 2.59. The number of hydrogen-bond acceptors (Lipinski definition) is 8. The molecule has 0 aromatic heterocycles. The van der Waals surface area contributed by atoms with Gasteiger partial charge in [-0.05, 0) is 52.8 Å². The van der Waals surface area contributed by atoms with Crippen LogP contribution in [-0.2, 0) is 15.0 Å². The largest absolute Gasteiger partial charge is 0.502 e. The number of benzene rings is 2. The number of phenols is 2. The van der Waals surface area contributed by atoms with Gasteiger partial charge in [0.25, 0.3) is 0 Å². The molecule has 2 rings (SSSR count). The van der Waals surface area contributed by atoms with Crippen molar-refractivity contribution in [2.24, 2.45) is 0 Å². The highest BCUT2D eigenvalue weighted by Crippen LogP contribution is 2.41. The number of rotatable bonds is 6. The molecule has 139 valence electrons. The summed E-state index contributed by atoms with van der Waals surface area (Å²) in [6, 6.07) is 4.88. The number of halogens is 1. The molecule has 0 bridgehead atoms. The van der Waals surface area contributed by atoms with Crippen LogP contribution in [-0.4, -0.2) is 32.1 Å². The summed E-state index contributed by atoms with van der Waals surface area (Å²) in [6.45, 7) is 1.02. The van der Waals surface area contributed by atoms with E-state index < -0.39 is 43.9 Å². The topological polar surface area (TPSA) is 161 Å². The number of nitro benzene ring substituents is 2. The van der Waals surface area contributed by atoms with Crippen molar-refractivity contribution >= 4 is 46.0 Å². The van der Waals surface area contributed by atoms with Gasteiger partial charge in [0.2, 0.25) is 12.0 Å². The molecule has 0 amide bonds. The van der Waals surface area contributed by atoms with Crippen LogP contribution in [0.3, 0.4) is 0 Å². The lowest BCUT2D eigenvalue weighted by Crippen LogP contribution is -2.37. The molecule has 11 heteroatoms. The van der Waals surface area contributed by atoms with Gasteiger partial charge in [-0.2, -0.15) is 0 Å². The quantitative estimate of drug-likeness (QED) is 0.273. The lowest BCUT2D eigenvalue weighted by molar-refractivity contribution is -0.386. The minimum Gasteiger partial charge on any atom is -0.502 e. The second kappa shape index (κ2) is 7.26. The van der Waals surface area contributed by atoms with Gasteiger partial charge in [0.1, 0.15) is 5.41 Å². The Bertz CT molecular complexity index is 991. The van der Waals surface area contributed by atoms with Crippen molar-refractivity contribution in [1.82, 2.24) is 0 Å². The van der Waals surface area contributed by atoms with Crippen LogP contribution < -0.4 is 0 Å². The van der Waals surface area contributed by atoms with Crippen LogP contribution in [0.4, 0.5) is 11.4 Å². The normalized spacial score (nSPS) is 12.8. The second-order valence-corrected chi connectivity index (χ2v) is 6.61. The molecule has 1 unspecified atom stereocenters. The lowest BCUT2D eigenvalue weighted by Gasteiger charge is -2.25. The maximum absolute atomic E-state index is 12.4. The maximum atomic E-state index is 12.4. The summed E-state index contributed by atoms with van der Waals surface area (Å²) in [5, 5.41) is 41.7. The van der Waals surface area contributed by atoms with Crippen molar-refractivity contribution in [3.8, 4) is 11.5 Å². The number of ketones is 1. The first-order chi connectivity index (χ1) is 12.6. The number of nitrogens with zero attached hydrogens (tertiary/aromatic N) is 2. The fourth-order valence-corrected chi connectivity index (χ4v) is 3.22. The summed E-state index contributed by atoms with van der Waals surface area (Å²) in [6.07, 6.45) is 1.53. The van der Waals surface area contributed by atoms with Gasteiger partial charge < -0.3 is 10.2 Å². The van der Waals surface area contributed by atoms with Gasteiger partial charge in [-0.3, -0.25) is 29.8 Å². The van der Waals surface area contributed by atoms with Crippen LogP contribution in [0.1, 0.15) is 18.1 Å². The molecule has 0 fully saturated rings. The van der Waals surface area contributed by atoms with E-state index in [0.29, 0.717) is 0 Å². The van der Waals surface area contributed by atoms with E-state index in [1.165, 1.54) is 12.4 Å². The highest BCUT2D eigenvalue weighted by molar-refractivity contribution is 14.1. The molecule has 0 saturated heterocycles. The molecule has 10 nitrogen and oxygen atoms in total. The number of carbonyl (C=O) groups excluding carboxylic acids is 2. The maximum Gasteiger partial charge on any atom is 0.312 e. The van der Waals surface area contributed by atoms with Crippen LogP contribution in [0.5, 0.6) is 11.5 Å². The zero-order valence-electron chi connectivity index (χ0n) is 13.5. The highest BCUT2D eigenvalue weighted by Gasteiger charge is 2.43. The van der Waals surface area contributed by atoms with E-state index in [-0.39, 0.29) is 14.7 Å². The summed E-state index contributed by atoms with van der Waals surface area (Å²) >= 11 is 1.59. The van der Waals surface area contributed by atoms with Crippen LogP contribution in [0.15, 0.2) is 30.3 Å². The van der Waals surface area contributed by atoms with E-state index >= 15 is 0 Å². The molecule has 0 aliphatic heterocycles. The Kier molecular flexibility index (Phi) is 5.44. The zero-order valence-corrected chi connectivity index (χ0v) is 15.7. The van der Waals surface area contributed by atoms with Gasteiger partial charge in [-0.1, -0.05) is 6.07 Å². The number of nitro groups is 2. The van der Waals surface area contributed by atoms with Gasteiger partial charge in [-0.25, -0.2) is 0 Å². The summed E-state index contributed by atoms with van der Waals surface area (Å²) in [5.74, 6) is -2.14. The summed E-state index contributed by atoms with van der Waals surface area (Å²) < 4.78 is -0.00838. The second-order valence-electron chi connectivity index (χ2n) is 5.45. The molecular weight excluding hydrogens is 475 g/mol. The number of carbonyl (C=O) groups is 1. The molecule has 1 radical (unpaired) electrons. The summed E-state index contributed by atoms with van der Waals surface area (Å²) in [7, 11) is 0. The van der Waals surface area contributed by atoms with Crippen LogP contribution in [0, 0.1) is 23.8 Å². The molecule has 2 aromatic carbocycles. The Hall–Kier alpha value is -3.09. The van der Waals surface area contributed by atoms with Gasteiger partial charge in [0.15, 0.2) is 11.5 Å². The van der Waals surface area contributed by atoms with E-state index in [9.17, 15) is 40.0 Å². The van der Waals surface area contributed by atoms with E-state index in [1.54, 1.807) is 22.6 Å². The molecule has 0 aliphatic rings. The minimum atomic E-state index is -2.23. The minimum absolute atomic E-state index is 0.00838. The first-order valence-corrected chi connectivity index (χ1v) is 8.19. The molecule has 0 aliphatic carbocycles. The predicted octanol–water partition coefficient (Wildman–Crippen LogP) is 2.50. The van der Waals surface area contributed by atoms with E-state index in [2.05, 4.69) is 0 Å². The Morgan fingerprint density at radius 3 is 2.11 bits per heavy atom. The molecule has 0 heterocycles. The average molecular weight is 485 g/mol. The lowest BCUT2D eigenvalue weighted by atomic mass is 9.72. The smallest absolute Gasteiger partial charge is 0.312 e. The fourth-order valence-electron chi connectivity index (χ4n) is 2.61. The van der Waals surface area contributed by atoms with Crippen molar-refractivity contribution in [1.29, 1.82) is 0 Å². The molecule has 2 N–H and O–H groups in total. The Morgan fingerprint density at radius 1 is 1.07 bits per heavy atom. The van der Waals surface area contributed by atoms with Gasteiger partial charge in [0.05, 0.1) is 13.4 Å². The van der Waals surface area contributed by atoms with Gasteiger partial charge in [-0.15, -0.1) is 0 Å². The van der Waals surface area contributed by atoms with Crippen LogP contribution in [0.25, 0.3) is 0 Å². The first kappa shape index (κ1) is 20.2. The number of aromatic hydroxyl groups is 2. The zero-order chi connectivity index (χ0) is 20.5. The van der Waals surface area contributed by atoms with Crippen LogP contribution >= 0.6 is 22.6 Å². The summed E-state index contributed by atoms with van der Waals surface area (Å²) in [5.41, 5.74) is -4.12.